The molecular formula is C19H19N7O2S. The fourth-order valence-electron chi connectivity index (χ4n) is 3.17. The molecule has 29 heavy (non-hydrogen) atoms. The molecular weight excluding hydrogens is 390 g/mol. The summed E-state index contributed by atoms with van der Waals surface area (Å²) in [4.78, 5) is 22.0. The Morgan fingerprint density at radius 1 is 1.38 bits per heavy atom. The Labute approximate surface area is 169 Å². The summed E-state index contributed by atoms with van der Waals surface area (Å²) in [6.07, 6.45) is 4.85. The summed E-state index contributed by atoms with van der Waals surface area (Å²) in [5.41, 5.74) is 8.20. The smallest absolute Gasteiger partial charge is 0.291 e. The number of nitrogens with zero attached hydrogens (tertiary/aromatic N) is 5. The summed E-state index contributed by atoms with van der Waals surface area (Å²) in [6, 6.07) is 5.40. The summed E-state index contributed by atoms with van der Waals surface area (Å²) >= 11 is 1.48. The van der Waals surface area contributed by atoms with E-state index in [9.17, 15) is 4.79 Å². The first-order valence-corrected chi connectivity index (χ1v) is 9.62. The summed E-state index contributed by atoms with van der Waals surface area (Å²) in [5.74, 6) is 0.490. The van der Waals surface area contributed by atoms with E-state index in [-0.39, 0.29) is 12.1 Å². The minimum absolute atomic E-state index is 0.204. The van der Waals surface area contributed by atoms with Crippen LogP contribution in [0.1, 0.15) is 10.7 Å². The van der Waals surface area contributed by atoms with Gasteiger partial charge in [0.25, 0.3) is 5.56 Å². The van der Waals surface area contributed by atoms with Crippen LogP contribution in [0.3, 0.4) is 0 Å². The SMILES string of the molecule is COc1cccc(Cn2ncc3c4sc(CC(N)=CC=N)nc4n(C)c3c2=O)n1. The van der Waals surface area contributed by atoms with Gasteiger partial charge >= 0.3 is 0 Å². The Morgan fingerprint density at radius 3 is 2.97 bits per heavy atom. The topological polar surface area (TPSA) is 125 Å². The van der Waals surface area contributed by atoms with Gasteiger partial charge in [-0.3, -0.25) is 4.79 Å². The van der Waals surface area contributed by atoms with Crippen molar-refractivity contribution in [2.24, 2.45) is 12.8 Å². The molecule has 0 aliphatic carbocycles. The highest BCUT2D eigenvalue weighted by Crippen LogP contribution is 2.31. The van der Waals surface area contributed by atoms with Crippen molar-refractivity contribution >= 4 is 38.8 Å². The number of allylic oxidation sites excluding steroid dienone is 2. The van der Waals surface area contributed by atoms with E-state index in [2.05, 4.69) is 15.1 Å². The maximum atomic E-state index is 13.1. The molecule has 0 atom stereocenters. The molecule has 0 aliphatic rings. The summed E-state index contributed by atoms with van der Waals surface area (Å²) in [7, 11) is 3.37. The van der Waals surface area contributed by atoms with Crippen molar-refractivity contribution in [2.45, 2.75) is 13.0 Å². The van der Waals surface area contributed by atoms with Crippen LogP contribution in [-0.2, 0) is 20.0 Å². The lowest BCUT2D eigenvalue weighted by Crippen LogP contribution is -2.25. The Hall–Kier alpha value is -3.53. The lowest BCUT2D eigenvalue weighted by Gasteiger charge is -2.06. The van der Waals surface area contributed by atoms with Crippen molar-refractivity contribution in [1.29, 1.82) is 5.41 Å². The van der Waals surface area contributed by atoms with Gasteiger partial charge in [0.05, 0.1) is 30.2 Å². The van der Waals surface area contributed by atoms with Crippen LogP contribution in [-0.4, -0.2) is 37.6 Å². The van der Waals surface area contributed by atoms with Crippen LogP contribution in [0.25, 0.3) is 21.3 Å². The van der Waals surface area contributed by atoms with Crippen LogP contribution in [0.5, 0.6) is 5.88 Å². The molecule has 0 fully saturated rings. The maximum Gasteiger partial charge on any atom is 0.291 e. The molecule has 4 aromatic rings. The van der Waals surface area contributed by atoms with Gasteiger partial charge in [0, 0.05) is 36.8 Å². The lowest BCUT2D eigenvalue weighted by molar-refractivity contribution is 0.395. The molecule has 4 heterocycles. The number of thiazole rings is 1. The molecule has 9 nitrogen and oxygen atoms in total. The van der Waals surface area contributed by atoms with Gasteiger partial charge in [-0.15, -0.1) is 11.3 Å². The van der Waals surface area contributed by atoms with Gasteiger partial charge in [0.2, 0.25) is 5.88 Å². The van der Waals surface area contributed by atoms with Crippen LogP contribution in [0, 0.1) is 5.41 Å². The second-order valence-corrected chi connectivity index (χ2v) is 7.53. The molecule has 0 amide bonds. The lowest BCUT2D eigenvalue weighted by atomic mass is 10.3. The monoisotopic (exact) mass is 409 g/mol. The fourth-order valence-corrected chi connectivity index (χ4v) is 4.31. The molecule has 0 bridgehead atoms. The van der Waals surface area contributed by atoms with E-state index in [1.165, 1.54) is 22.1 Å². The minimum Gasteiger partial charge on any atom is -0.481 e. The number of methoxy groups -OCH3 is 1. The molecule has 0 spiro atoms. The maximum absolute atomic E-state index is 13.1. The van der Waals surface area contributed by atoms with Gasteiger partial charge in [-0.05, 0) is 12.1 Å². The van der Waals surface area contributed by atoms with Crippen molar-refractivity contribution in [3.63, 3.8) is 0 Å². The van der Waals surface area contributed by atoms with Gasteiger partial charge in [-0.25, -0.2) is 14.6 Å². The molecule has 0 saturated heterocycles. The highest BCUT2D eigenvalue weighted by atomic mass is 32.1. The first-order valence-electron chi connectivity index (χ1n) is 8.80. The van der Waals surface area contributed by atoms with Crippen molar-refractivity contribution < 1.29 is 4.74 Å². The number of nitrogens with one attached hydrogen (secondary N) is 1. The standard InChI is InChI=1S/C19H19N7O2S/c1-25-16-13(17-18(25)24-15(29-17)8-11(21)6-7-20)9-22-26(19(16)27)10-12-4-3-5-14(23-12)28-2/h3-7,9,20H,8,10,21H2,1-2H3. The summed E-state index contributed by atoms with van der Waals surface area (Å²) < 4.78 is 9.22. The third-order valence-electron chi connectivity index (χ3n) is 4.52. The molecule has 0 aromatic carbocycles. The number of hydrogen-bond donors (Lipinski definition) is 2. The van der Waals surface area contributed by atoms with E-state index in [0.717, 1.165) is 27.0 Å². The van der Waals surface area contributed by atoms with Gasteiger partial charge in [0.15, 0.2) is 5.65 Å². The first kappa shape index (κ1) is 18.8. The van der Waals surface area contributed by atoms with Gasteiger partial charge in [-0.1, -0.05) is 6.07 Å². The highest BCUT2D eigenvalue weighted by Gasteiger charge is 2.18. The zero-order valence-electron chi connectivity index (χ0n) is 15.9. The fraction of sp³-hybridized carbons (Fsp3) is 0.211. The molecule has 0 unspecified atom stereocenters. The van der Waals surface area contributed by atoms with E-state index < -0.39 is 0 Å². The van der Waals surface area contributed by atoms with Crippen LogP contribution >= 0.6 is 11.3 Å². The second kappa shape index (κ2) is 7.47. The zero-order valence-corrected chi connectivity index (χ0v) is 16.7. The quantitative estimate of drug-likeness (QED) is 0.468. The van der Waals surface area contributed by atoms with Crippen LogP contribution in [0.15, 0.2) is 41.0 Å². The van der Waals surface area contributed by atoms with Crippen molar-refractivity contribution in [3.05, 3.63) is 57.2 Å². The third-order valence-corrected chi connectivity index (χ3v) is 5.60. The van der Waals surface area contributed by atoms with Crippen molar-refractivity contribution in [1.82, 2.24) is 24.3 Å². The number of nitrogens with two attached hydrogens (primary N) is 1. The molecule has 148 valence electrons. The van der Waals surface area contributed by atoms with Crippen LogP contribution in [0.4, 0.5) is 0 Å². The largest absolute Gasteiger partial charge is 0.481 e. The Bertz CT molecular complexity index is 1320. The van der Waals surface area contributed by atoms with Gasteiger partial charge in [-0.2, -0.15) is 5.10 Å². The molecule has 0 aliphatic heterocycles. The Balaban J connectivity index is 1.76. The molecule has 4 rings (SSSR count). The van der Waals surface area contributed by atoms with E-state index >= 15 is 0 Å². The number of pyridine rings is 1. The highest BCUT2D eigenvalue weighted by molar-refractivity contribution is 7.19. The number of rotatable bonds is 6. The number of fused-ring (bicyclic) bond motifs is 3. The minimum atomic E-state index is -0.204. The Morgan fingerprint density at radius 2 is 2.21 bits per heavy atom. The molecule has 3 N–H and O–H groups in total. The number of hydrogen-bond acceptors (Lipinski definition) is 8. The van der Waals surface area contributed by atoms with Crippen LogP contribution in [0.2, 0.25) is 0 Å². The average molecular weight is 409 g/mol. The second-order valence-electron chi connectivity index (χ2n) is 6.45. The zero-order chi connectivity index (χ0) is 20.5. The summed E-state index contributed by atoms with van der Waals surface area (Å²) in [6.45, 7) is 0.244. The number of aryl methyl sites for hydroxylation is 1. The Kier molecular flexibility index (Phi) is 4.85. The molecule has 4 aromatic heterocycles. The average Bonchev–Trinajstić information content (AvgIpc) is 3.23. The van der Waals surface area contributed by atoms with Crippen LogP contribution < -0.4 is 16.0 Å². The summed E-state index contributed by atoms with van der Waals surface area (Å²) in [5, 5.41) is 13.0. The van der Waals surface area contributed by atoms with E-state index in [0.29, 0.717) is 29.2 Å². The predicted octanol–water partition coefficient (Wildman–Crippen LogP) is 1.83. The number of ether oxygens (including phenoxy) is 1. The first-order chi connectivity index (χ1) is 14.0. The molecule has 10 heteroatoms. The van der Waals surface area contributed by atoms with E-state index in [1.54, 1.807) is 23.9 Å². The number of aromatic nitrogens is 5. The predicted molar refractivity (Wildman–Crippen MR) is 113 cm³/mol. The van der Waals surface area contributed by atoms with Gasteiger partial charge < -0.3 is 20.4 Å². The third kappa shape index (κ3) is 3.38. The molecule has 0 saturated carbocycles. The normalized spacial score (nSPS) is 12.0. The van der Waals surface area contributed by atoms with E-state index in [4.69, 9.17) is 15.9 Å². The van der Waals surface area contributed by atoms with Gasteiger partial charge in [0.1, 0.15) is 10.5 Å². The molecule has 0 radical (unpaired) electrons. The van der Waals surface area contributed by atoms with Crippen molar-refractivity contribution in [3.8, 4) is 5.88 Å². The van der Waals surface area contributed by atoms with Crippen molar-refractivity contribution in [2.75, 3.05) is 7.11 Å². The van der Waals surface area contributed by atoms with E-state index in [1.807, 2.05) is 19.2 Å².